The van der Waals surface area contributed by atoms with E-state index in [1.54, 1.807) is 43.0 Å². The first-order valence-corrected chi connectivity index (χ1v) is 22.2. The quantitative estimate of drug-likeness (QED) is 0.0677. The third-order valence-corrected chi connectivity index (χ3v) is 13.1. The van der Waals surface area contributed by atoms with Crippen LogP contribution in [0.15, 0.2) is 60.7 Å². The number of benzene rings is 4. The molecule has 0 bridgehead atoms. The minimum Gasteiger partial charge on any atom is -0.508 e. The Morgan fingerprint density at radius 2 is 1.71 bits per heavy atom. The lowest BCUT2D eigenvalue weighted by atomic mass is 9.89. The van der Waals surface area contributed by atoms with Crippen LogP contribution >= 0.6 is 21.6 Å². The first kappa shape index (κ1) is 41.2. The molecule has 4 aromatic rings. The topological polar surface area (TPSA) is 141 Å². The van der Waals surface area contributed by atoms with Crippen LogP contribution in [-0.4, -0.2) is 63.9 Å². The van der Waals surface area contributed by atoms with Gasteiger partial charge in [0.05, 0.1) is 25.9 Å². The van der Waals surface area contributed by atoms with Gasteiger partial charge in [0.2, 0.25) is 0 Å². The summed E-state index contributed by atoms with van der Waals surface area (Å²) in [5.74, 6) is 2.32. The second-order valence-corrected chi connectivity index (χ2v) is 17.5. The molecule has 0 spiro atoms. The van der Waals surface area contributed by atoms with Gasteiger partial charge in [-0.1, -0.05) is 77.6 Å². The van der Waals surface area contributed by atoms with Gasteiger partial charge in [-0.25, -0.2) is 0 Å². The van der Waals surface area contributed by atoms with Gasteiger partial charge in [0.25, 0.3) is 0 Å². The molecule has 296 valence electrons. The first-order valence-electron chi connectivity index (χ1n) is 19.7. The summed E-state index contributed by atoms with van der Waals surface area (Å²) in [6.45, 7) is 1.94. The zero-order chi connectivity index (χ0) is 38.7. The molecular formula is C44H56N2O7S2. The smallest absolute Gasteiger partial charge is 0.168 e. The monoisotopic (exact) mass is 788 g/mol. The van der Waals surface area contributed by atoms with Crippen LogP contribution in [0, 0.1) is 0 Å². The molecule has 1 aliphatic carbocycles. The van der Waals surface area contributed by atoms with E-state index in [1.165, 1.54) is 19.3 Å². The molecule has 1 aliphatic heterocycles. The molecule has 1 heterocycles. The van der Waals surface area contributed by atoms with Crippen molar-refractivity contribution in [2.24, 2.45) is 0 Å². The molecule has 0 aromatic heterocycles. The molecule has 0 amide bonds. The highest BCUT2D eigenvalue weighted by Gasteiger charge is 2.27. The number of ketones is 1. The van der Waals surface area contributed by atoms with E-state index in [4.69, 9.17) is 9.47 Å². The summed E-state index contributed by atoms with van der Waals surface area (Å²) in [4.78, 5) is 14.0. The number of Topliss-reactive ketones (excluding diaryl/α,β-unsaturated/α-hetero) is 1. The Balaban J connectivity index is 1.29. The summed E-state index contributed by atoms with van der Waals surface area (Å²) in [6, 6.07) is 19.3. The fourth-order valence-corrected chi connectivity index (χ4v) is 10.1. The summed E-state index contributed by atoms with van der Waals surface area (Å²) < 4.78 is 12.8. The van der Waals surface area contributed by atoms with Gasteiger partial charge in [0.1, 0.15) is 17.8 Å². The predicted molar refractivity (Wildman–Crippen MR) is 225 cm³/mol. The molecule has 11 heteroatoms. The number of ether oxygens (including phenoxy) is 2. The summed E-state index contributed by atoms with van der Waals surface area (Å²) in [6.07, 6.45) is 8.07. The molecule has 2 aliphatic rings. The molecule has 0 saturated heterocycles. The van der Waals surface area contributed by atoms with E-state index in [9.17, 15) is 25.2 Å². The van der Waals surface area contributed by atoms with Crippen molar-refractivity contribution in [3.05, 3.63) is 82.9 Å². The Kier molecular flexibility index (Phi) is 15.1. The molecule has 6 rings (SSSR count). The molecular weight excluding hydrogens is 733 g/mol. The second-order valence-electron chi connectivity index (χ2n) is 14.9. The number of fused-ring (bicyclic) bond motifs is 5. The summed E-state index contributed by atoms with van der Waals surface area (Å²) in [5, 5.41) is 50.6. The Labute approximate surface area is 333 Å². The predicted octanol–water partition coefficient (Wildman–Crippen LogP) is 9.18. The minimum absolute atomic E-state index is 0.0343. The van der Waals surface area contributed by atoms with Gasteiger partial charge in [-0.2, -0.15) is 0 Å². The van der Waals surface area contributed by atoms with Crippen LogP contribution in [-0.2, 0) is 28.3 Å². The summed E-state index contributed by atoms with van der Waals surface area (Å²) in [7, 11) is 5.15. The maximum atomic E-state index is 14.0. The number of anilines is 1. The van der Waals surface area contributed by atoms with Crippen LogP contribution in [0.4, 0.5) is 5.69 Å². The normalized spacial score (nSPS) is 19.0. The standard InChI is InChI=1S/C44H56N2O7S2/c1-28(48)25-45-40-19-14-31(22-32(40)26-47)44(46-33-8-4-3-5-9-33)53-36-10-6-7-21-54-55-27-39-37(18-13-29-11-16-35(50)24-38(29)39)42-30(12-17-34(49)23-36)15-20-41(51)43(42)52-2/h11,13-16,18-20,22,24,28,33,36,44-48,50-51H,3-10,12,17,21,23,25-27H2,1-2H3. The number of aliphatic hydroxyl groups is 2. The van der Waals surface area contributed by atoms with Gasteiger partial charge in [-0.05, 0) is 102 Å². The van der Waals surface area contributed by atoms with Crippen molar-refractivity contribution in [2.45, 2.75) is 114 Å². The fraction of sp³-hybridized carbons (Fsp3) is 0.477. The maximum absolute atomic E-state index is 14.0. The van der Waals surface area contributed by atoms with Crippen molar-refractivity contribution in [3.8, 4) is 28.4 Å². The molecule has 9 nitrogen and oxygen atoms in total. The Bertz CT molecular complexity index is 1900. The van der Waals surface area contributed by atoms with Gasteiger partial charge >= 0.3 is 0 Å². The minimum atomic E-state index is -0.525. The number of methoxy groups -OCH3 is 1. The van der Waals surface area contributed by atoms with Crippen molar-refractivity contribution in [3.63, 3.8) is 0 Å². The second kappa shape index (κ2) is 20.1. The number of phenols is 2. The third kappa shape index (κ3) is 10.9. The van der Waals surface area contributed by atoms with Gasteiger partial charge in [-0.15, -0.1) is 0 Å². The van der Waals surface area contributed by atoms with Crippen molar-refractivity contribution in [1.29, 1.82) is 0 Å². The van der Waals surface area contributed by atoms with Crippen LogP contribution in [0.3, 0.4) is 0 Å². The zero-order valence-corrected chi connectivity index (χ0v) is 33.7. The lowest BCUT2D eigenvalue weighted by Gasteiger charge is -2.32. The van der Waals surface area contributed by atoms with E-state index in [-0.39, 0.29) is 36.4 Å². The first-order chi connectivity index (χ1) is 26.7. The molecule has 3 atom stereocenters. The molecule has 1 fully saturated rings. The Morgan fingerprint density at radius 1 is 0.909 bits per heavy atom. The molecule has 1 saturated carbocycles. The van der Waals surface area contributed by atoms with Gasteiger partial charge < -0.3 is 35.2 Å². The van der Waals surface area contributed by atoms with Crippen molar-refractivity contribution >= 4 is 43.8 Å². The van der Waals surface area contributed by atoms with Crippen LogP contribution < -0.4 is 15.4 Å². The van der Waals surface area contributed by atoms with E-state index < -0.39 is 12.3 Å². The van der Waals surface area contributed by atoms with Crippen molar-refractivity contribution in [1.82, 2.24) is 5.32 Å². The number of phenolic OH excluding ortho intramolecular Hbond substituents is 2. The molecule has 55 heavy (non-hydrogen) atoms. The van der Waals surface area contributed by atoms with E-state index in [1.807, 2.05) is 47.2 Å². The van der Waals surface area contributed by atoms with Crippen LogP contribution in [0.2, 0.25) is 0 Å². The Hall–Kier alpha value is -3.45. The molecule has 4 aromatic carbocycles. The highest BCUT2D eigenvalue weighted by atomic mass is 33.1. The molecule has 6 N–H and O–H groups in total. The molecule has 0 radical (unpaired) electrons. The number of carbonyl (C=O) groups excluding carboxylic acids is 1. The number of aryl methyl sites for hydroxylation is 1. The molecule has 3 unspecified atom stereocenters. The SMILES string of the molecule is COc1c(O)ccc2c1-c1ccc3ccc(O)cc3c1CSSCCCCC(OC(NC1CCCCC1)c1ccc(NCC(C)O)c(CO)c1)CC(=O)CC2. The van der Waals surface area contributed by atoms with Gasteiger partial charge in [0.15, 0.2) is 11.5 Å². The van der Waals surface area contributed by atoms with Crippen molar-refractivity contribution in [2.75, 3.05) is 24.7 Å². The average Bonchev–Trinajstić information content (AvgIpc) is 3.18. The lowest BCUT2D eigenvalue weighted by molar-refractivity contribution is -0.124. The van der Waals surface area contributed by atoms with E-state index in [0.29, 0.717) is 36.9 Å². The highest BCUT2D eigenvalue weighted by Crippen LogP contribution is 2.46. The van der Waals surface area contributed by atoms with Crippen LogP contribution in [0.5, 0.6) is 17.2 Å². The maximum Gasteiger partial charge on any atom is 0.168 e. The number of aliphatic hydroxyl groups excluding tert-OH is 2. The number of rotatable bonds is 10. The van der Waals surface area contributed by atoms with E-state index in [2.05, 4.69) is 16.7 Å². The van der Waals surface area contributed by atoms with Gasteiger partial charge in [-0.3, -0.25) is 10.1 Å². The highest BCUT2D eigenvalue weighted by molar-refractivity contribution is 8.76. The number of hydrogen-bond donors (Lipinski definition) is 6. The third-order valence-electron chi connectivity index (χ3n) is 10.7. The summed E-state index contributed by atoms with van der Waals surface area (Å²) >= 11 is 0. The largest absolute Gasteiger partial charge is 0.508 e. The van der Waals surface area contributed by atoms with Gasteiger partial charge in [0, 0.05) is 53.7 Å². The Morgan fingerprint density at radius 3 is 2.49 bits per heavy atom. The fourth-order valence-electron chi connectivity index (χ4n) is 7.85. The number of nitrogens with one attached hydrogen (secondary N) is 2. The number of hydrogen-bond acceptors (Lipinski definition) is 11. The number of carbonyl (C=O) groups is 1. The van der Waals surface area contributed by atoms with Crippen LogP contribution in [0.1, 0.15) is 99.6 Å². The summed E-state index contributed by atoms with van der Waals surface area (Å²) in [5.41, 5.74) is 6.05. The zero-order valence-electron chi connectivity index (χ0n) is 32.0. The van der Waals surface area contributed by atoms with E-state index in [0.717, 1.165) is 87.7 Å². The van der Waals surface area contributed by atoms with E-state index >= 15 is 0 Å². The average molecular weight is 789 g/mol. The lowest BCUT2D eigenvalue weighted by Crippen LogP contribution is -2.38. The number of aromatic hydroxyl groups is 2. The van der Waals surface area contributed by atoms with Crippen LogP contribution in [0.25, 0.3) is 21.9 Å². The van der Waals surface area contributed by atoms with Crippen molar-refractivity contribution < 1.29 is 34.7 Å².